The van der Waals surface area contributed by atoms with Gasteiger partial charge in [-0.15, -0.1) is 0 Å². The van der Waals surface area contributed by atoms with E-state index in [0.717, 1.165) is 25.3 Å². The Bertz CT molecular complexity index is 90.4. The number of rotatable bonds is 2. The summed E-state index contributed by atoms with van der Waals surface area (Å²) in [5.74, 6) is 1.56. The van der Waals surface area contributed by atoms with Crippen molar-refractivity contribution in [1.29, 1.82) is 0 Å². The van der Waals surface area contributed by atoms with Crippen molar-refractivity contribution in [1.82, 2.24) is 4.90 Å². The van der Waals surface area contributed by atoms with Gasteiger partial charge in [-0.25, -0.2) is 0 Å². The lowest BCUT2D eigenvalue weighted by Gasteiger charge is -2.35. The minimum atomic E-state index is 0.656. The molecule has 0 aromatic heterocycles. The van der Waals surface area contributed by atoms with E-state index in [2.05, 4.69) is 12.6 Å². The lowest BCUT2D eigenvalue weighted by Crippen LogP contribution is -2.46. The molecule has 0 unspecified atom stereocenters. The van der Waals surface area contributed by atoms with Crippen molar-refractivity contribution >= 4 is 19.0 Å². The van der Waals surface area contributed by atoms with Crippen LogP contribution in [-0.2, 0) is 4.79 Å². The van der Waals surface area contributed by atoms with Crippen molar-refractivity contribution < 1.29 is 4.79 Å². The molecule has 0 aromatic carbocycles. The van der Waals surface area contributed by atoms with Gasteiger partial charge in [0, 0.05) is 19.0 Å². The van der Waals surface area contributed by atoms with Gasteiger partial charge in [-0.3, -0.25) is 4.79 Å². The van der Waals surface area contributed by atoms with Crippen LogP contribution in [0.5, 0.6) is 0 Å². The van der Waals surface area contributed by atoms with Gasteiger partial charge in [-0.2, -0.15) is 12.6 Å². The van der Waals surface area contributed by atoms with Crippen molar-refractivity contribution in [3.05, 3.63) is 0 Å². The molecule has 0 atom stereocenters. The molecular formula is C5H9NOS. The van der Waals surface area contributed by atoms with Gasteiger partial charge in [0.15, 0.2) is 0 Å². The number of hydrogen-bond acceptors (Lipinski definition) is 2. The number of carbonyl (C=O) groups excluding carboxylic acids is 1. The van der Waals surface area contributed by atoms with E-state index in [1.807, 2.05) is 0 Å². The number of likely N-dealkylation sites (tertiary alicyclic amines) is 1. The van der Waals surface area contributed by atoms with Crippen molar-refractivity contribution in [2.24, 2.45) is 5.92 Å². The van der Waals surface area contributed by atoms with Crippen LogP contribution in [0.2, 0.25) is 0 Å². The number of thiol groups is 1. The highest BCUT2D eigenvalue weighted by Crippen LogP contribution is 2.13. The van der Waals surface area contributed by atoms with E-state index in [0.29, 0.717) is 5.92 Å². The van der Waals surface area contributed by atoms with Gasteiger partial charge in [0.05, 0.1) is 0 Å². The number of hydrogen-bond donors (Lipinski definition) is 1. The van der Waals surface area contributed by atoms with E-state index in [9.17, 15) is 4.79 Å². The molecule has 0 radical (unpaired) electrons. The summed E-state index contributed by atoms with van der Waals surface area (Å²) in [6.45, 7) is 1.82. The van der Waals surface area contributed by atoms with Crippen LogP contribution in [0.3, 0.4) is 0 Å². The summed E-state index contributed by atoms with van der Waals surface area (Å²) >= 11 is 4.08. The zero-order valence-electron chi connectivity index (χ0n) is 4.58. The van der Waals surface area contributed by atoms with Gasteiger partial charge >= 0.3 is 0 Å². The van der Waals surface area contributed by atoms with E-state index in [1.165, 1.54) is 0 Å². The minimum absolute atomic E-state index is 0.656. The molecule has 1 heterocycles. The van der Waals surface area contributed by atoms with Gasteiger partial charge in [-0.05, 0) is 5.75 Å². The average Bonchev–Trinajstić information content (AvgIpc) is 1.65. The molecule has 1 aliphatic heterocycles. The van der Waals surface area contributed by atoms with Crippen LogP contribution < -0.4 is 0 Å². The lowest BCUT2D eigenvalue weighted by atomic mass is 10.0. The summed E-state index contributed by atoms with van der Waals surface area (Å²) in [6, 6.07) is 0. The average molecular weight is 131 g/mol. The molecule has 1 fully saturated rings. The highest BCUT2D eigenvalue weighted by Gasteiger charge is 2.22. The van der Waals surface area contributed by atoms with Crippen molar-refractivity contribution in [3.63, 3.8) is 0 Å². The first-order valence-corrected chi connectivity index (χ1v) is 3.30. The van der Waals surface area contributed by atoms with E-state index in [1.54, 1.807) is 4.90 Å². The van der Waals surface area contributed by atoms with Gasteiger partial charge in [0.1, 0.15) is 0 Å². The predicted octanol–water partition coefficient (Wildman–Crippen LogP) is 0.00440. The van der Waals surface area contributed by atoms with Crippen molar-refractivity contribution in [2.45, 2.75) is 0 Å². The zero-order chi connectivity index (χ0) is 5.98. The maximum absolute atomic E-state index is 9.95. The highest BCUT2D eigenvalue weighted by atomic mass is 32.1. The summed E-state index contributed by atoms with van der Waals surface area (Å²) in [5, 5.41) is 0. The Hall–Kier alpha value is -0.180. The third-order valence-electron chi connectivity index (χ3n) is 1.39. The molecule has 0 aromatic rings. The molecule has 46 valence electrons. The monoisotopic (exact) mass is 131 g/mol. The van der Waals surface area contributed by atoms with E-state index < -0.39 is 0 Å². The van der Waals surface area contributed by atoms with Gasteiger partial charge in [-0.1, -0.05) is 0 Å². The normalized spacial score (nSPS) is 20.4. The van der Waals surface area contributed by atoms with Crippen molar-refractivity contribution in [3.8, 4) is 0 Å². The maximum Gasteiger partial charge on any atom is 0.209 e. The molecule has 0 spiro atoms. The predicted molar refractivity (Wildman–Crippen MR) is 35.0 cm³/mol. The summed E-state index contributed by atoms with van der Waals surface area (Å²) in [5.41, 5.74) is 0. The van der Waals surface area contributed by atoms with Crippen LogP contribution in [0.25, 0.3) is 0 Å². The van der Waals surface area contributed by atoms with Crippen LogP contribution >= 0.6 is 12.6 Å². The second kappa shape index (κ2) is 2.40. The number of amides is 1. The fourth-order valence-corrected chi connectivity index (χ4v) is 1.04. The van der Waals surface area contributed by atoms with Crippen LogP contribution in [0, 0.1) is 5.92 Å². The SMILES string of the molecule is O=CN1CC(CS)C1. The molecule has 1 saturated heterocycles. The van der Waals surface area contributed by atoms with Crippen LogP contribution in [0.1, 0.15) is 0 Å². The topological polar surface area (TPSA) is 20.3 Å². The molecule has 0 bridgehead atoms. The fourth-order valence-electron chi connectivity index (χ4n) is 0.811. The third kappa shape index (κ3) is 0.968. The van der Waals surface area contributed by atoms with E-state index in [-0.39, 0.29) is 0 Å². The Balaban J connectivity index is 2.11. The smallest absolute Gasteiger partial charge is 0.209 e. The van der Waals surface area contributed by atoms with E-state index >= 15 is 0 Å². The quantitative estimate of drug-likeness (QED) is 0.413. The molecule has 3 heteroatoms. The van der Waals surface area contributed by atoms with E-state index in [4.69, 9.17) is 0 Å². The lowest BCUT2D eigenvalue weighted by molar-refractivity contribution is -0.123. The minimum Gasteiger partial charge on any atom is -0.345 e. The zero-order valence-corrected chi connectivity index (χ0v) is 5.47. The molecule has 2 nitrogen and oxygen atoms in total. The fraction of sp³-hybridized carbons (Fsp3) is 0.800. The van der Waals surface area contributed by atoms with Crippen LogP contribution in [-0.4, -0.2) is 30.2 Å². The third-order valence-corrected chi connectivity index (χ3v) is 1.91. The first-order chi connectivity index (χ1) is 3.86. The number of nitrogens with zero attached hydrogens (tertiary/aromatic N) is 1. The molecule has 8 heavy (non-hydrogen) atoms. The Morgan fingerprint density at radius 1 is 1.75 bits per heavy atom. The Morgan fingerprint density at radius 3 is 2.75 bits per heavy atom. The first kappa shape index (κ1) is 5.95. The molecule has 0 aliphatic carbocycles. The van der Waals surface area contributed by atoms with Gasteiger partial charge in [0.25, 0.3) is 0 Å². The maximum atomic E-state index is 9.95. The van der Waals surface area contributed by atoms with Gasteiger partial charge in [0.2, 0.25) is 6.41 Å². The summed E-state index contributed by atoms with van der Waals surface area (Å²) in [7, 11) is 0. The highest BCUT2D eigenvalue weighted by molar-refractivity contribution is 7.80. The standard InChI is InChI=1S/C5H9NOS/c7-4-6-1-5(2-6)3-8/h4-5,8H,1-3H2. The molecule has 0 saturated carbocycles. The molecular weight excluding hydrogens is 122 g/mol. The van der Waals surface area contributed by atoms with Crippen molar-refractivity contribution in [2.75, 3.05) is 18.8 Å². The Morgan fingerprint density at radius 2 is 2.38 bits per heavy atom. The van der Waals surface area contributed by atoms with Crippen LogP contribution in [0.4, 0.5) is 0 Å². The Labute approximate surface area is 54.3 Å². The summed E-state index contributed by atoms with van der Waals surface area (Å²) < 4.78 is 0. The molecule has 0 N–H and O–H groups in total. The molecule has 1 rings (SSSR count). The largest absolute Gasteiger partial charge is 0.345 e. The number of carbonyl (C=O) groups is 1. The summed E-state index contributed by atoms with van der Waals surface area (Å²) in [6.07, 6.45) is 0.889. The van der Waals surface area contributed by atoms with Crippen LogP contribution in [0.15, 0.2) is 0 Å². The van der Waals surface area contributed by atoms with Gasteiger partial charge < -0.3 is 4.90 Å². The Kier molecular flexibility index (Phi) is 1.78. The molecule has 1 amide bonds. The second-order valence-corrected chi connectivity index (χ2v) is 2.47. The summed E-state index contributed by atoms with van der Waals surface area (Å²) in [4.78, 5) is 11.7. The second-order valence-electron chi connectivity index (χ2n) is 2.11. The molecule has 1 aliphatic rings. The first-order valence-electron chi connectivity index (χ1n) is 2.67.